The maximum Gasteiger partial charge on any atom is 0.255 e. The van der Waals surface area contributed by atoms with Crippen LogP contribution in [0.15, 0.2) is 27.6 Å². The number of amides is 1. The van der Waals surface area contributed by atoms with Crippen LogP contribution in [0.4, 0.5) is 0 Å². The van der Waals surface area contributed by atoms with Crippen molar-refractivity contribution in [3.8, 4) is 0 Å². The lowest BCUT2D eigenvalue weighted by molar-refractivity contribution is 0.0707. The molecule has 0 saturated carbocycles. The lowest BCUT2D eigenvalue weighted by Crippen LogP contribution is -2.45. The van der Waals surface area contributed by atoms with Crippen LogP contribution in [-0.2, 0) is 9.84 Å². The van der Waals surface area contributed by atoms with Gasteiger partial charge in [-0.15, -0.1) is 12.4 Å². The van der Waals surface area contributed by atoms with E-state index >= 15 is 0 Å². The minimum Gasteiger partial charge on any atom is -0.337 e. The molecular weight excluding hydrogens is 380 g/mol. The highest BCUT2D eigenvalue weighted by Crippen LogP contribution is 2.23. The van der Waals surface area contributed by atoms with Gasteiger partial charge < -0.3 is 10.6 Å². The normalized spacial score (nSPS) is 19.0. The quantitative estimate of drug-likeness (QED) is 0.825. The van der Waals surface area contributed by atoms with Crippen molar-refractivity contribution < 1.29 is 13.2 Å². The number of nitrogens with two attached hydrogens (primary N) is 1. The second-order valence-corrected chi connectivity index (χ2v) is 7.94. The Kier molecular flexibility index (Phi) is 6.22. The molecule has 0 bridgehead atoms. The topological polar surface area (TPSA) is 80.5 Å². The molecule has 0 radical (unpaired) electrons. The Bertz CT molecular complexity index is 636. The summed E-state index contributed by atoms with van der Waals surface area (Å²) in [6, 6.07) is 4.48. The number of nitrogens with zero attached hydrogens (tertiary/aromatic N) is 1. The van der Waals surface area contributed by atoms with E-state index in [-0.39, 0.29) is 29.3 Å². The van der Waals surface area contributed by atoms with Crippen molar-refractivity contribution in [3.05, 3.63) is 28.2 Å². The van der Waals surface area contributed by atoms with Gasteiger partial charge in [0.05, 0.1) is 10.5 Å². The molecule has 2 rings (SSSR count). The number of halogens is 2. The van der Waals surface area contributed by atoms with Crippen molar-refractivity contribution in [2.75, 3.05) is 19.3 Å². The highest BCUT2D eigenvalue weighted by atomic mass is 79.9. The van der Waals surface area contributed by atoms with Gasteiger partial charge in [-0.05, 0) is 47.0 Å². The van der Waals surface area contributed by atoms with Gasteiger partial charge in [0.1, 0.15) is 0 Å². The van der Waals surface area contributed by atoms with Crippen molar-refractivity contribution >= 4 is 44.1 Å². The molecular formula is C13H18BrClN2O3S. The molecule has 1 atom stereocenters. The SMILES string of the molecule is CS(=O)(=O)c1ccc(Br)c(C(=O)N2CCCC(N)C2)c1.Cl. The highest BCUT2D eigenvalue weighted by molar-refractivity contribution is 9.10. The first-order valence-electron chi connectivity index (χ1n) is 6.33. The maximum atomic E-state index is 12.5. The van der Waals surface area contributed by atoms with Crippen molar-refractivity contribution in [1.82, 2.24) is 4.90 Å². The molecule has 1 amide bonds. The lowest BCUT2D eigenvalue weighted by Gasteiger charge is -2.31. The average Bonchev–Trinajstić information content (AvgIpc) is 2.37. The fourth-order valence-corrected chi connectivity index (χ4v) is 3.33. The van der Waals surface area contributed by atoms with Gasteiger partial charge in [0.15, 0.2) is 9.84 Å². The third-order valence-electron chi connectivity index (χ3n) is 3.34. The van der Waals surface area contributed by atoms with Crippen LogP contribution in [0, 0.1) is 0 Å². The van der Waals surface area contributed by atoms with Crippen LogP contribution in [0.5, 0.6) is 0 Å². The molecule has 5 nitrogen and oxygen atoms in total. The molecule has 1 aromatic rings. The van der Waals surface area contributed by atoms with Gasteiger partial charge in [0, 0.05) is 29.9 Å². The number of sulfone groups is 1. The summed E-state index contributed by atoms with van der Waals surface area (Å²) in [6.07, 6.45) is 2.91. The molecule has 1 fully saturated rings. The van der Waals surface area contributed by atoms with Crippen LogP contribution >= 0.6 is 28.3 Å². The van der Waals surface area contributed by atoms with E-state index in [1.165, 1.54) is 12.1 Å². The molecule has 0 spiro atoms. The fraction of sp³-hybridized carbons (Fsp3) is 0.462. The molecule has 1 heterocycles. The number of carbonyl (C=O) groups excluding carboxylic acids is 1. The van der Waals surface area contributed by atoms with E-state index < -0.39 is 9.84 Å². The Morgan fingerprint density at radius 2 is 2.10 bits per heavy atom. The van der Waals surface area contributed by atoms with Gasteiger partial charge in [0.2, 0.25) is 0 Å². The third-order valence-corrected chi connectivity index (χ3v) is 5.14. The summed E-state index contributed by atoms with van der Waals surface area (Å²) in [6.45, 7) is 1.16. The third kappa shape index (κ3) is 4.42. The minimum atomic E-state index is -3.33. The highest BCUT2D eigenvalue weighted by Gasteiger charge is 2.24. The number of rotatable bonds is 2. The summed E-state index contributed by atoms with van der Waals surface area (Å²) in [7, 11) is -3.33. The van der Waals surface area contributed by atoms with Crippen LogP contribution in [0.1, 0.15) is 23.2 Å². The molecule has 0 aliphatic carbocycles. The molecule has 21 heavy (non-hydrogen) atoms. The monoisotopic (exact) mass is 396 g/mol. The van der Waals surface area contributed by atoms with Crippen LogP contribution < -0.4 is 5.73 Å². The number of carbonyl (C=O) groups is 1. The van der Waals surface area contributed by atoms with Crippen LogP contribution in [0.25, 0.3) is 0 Å². The van der Waals surface area contributed by atoms with E-state index in [2.05, 4.69) is 15.9 Å². The van der Waals surface area contributed by atoms with Crippen molar-refractivity contribution in [3.63, 3.8) is 0 Å². The van der Waals surface area contributed by atoms with Gasteiger partial charge in [0.25, 0.3) is 5.91 Å². The van der Waals surface area contributed by atoms with E-state index in [1.807, 2.05) is 0 Å². The molecule has 1 aromatic carbocycles. The Morgan fingerprint density at radius 1 is 1.43 bits per heavy atom. The van der Waals surface area contributed by atoms with Crippen molar-refractivity contribution in [2.24, 2.45) is 5.73 Å². The molecule has 0 aromatic heterocycles. The summed E-state index contributed by atoms with van der Waals surface area (Å²) in [5.41, 5.74) is 6.24. The van der Waals surface area contributed by atoms with E-state index in [9.17, 15) is 13.2 Å². The number of likely N-dealkylation sites (tertiary alicyclic amines) is 1. The van der Waals surface area contributed by atoms with Gasteiger partial charge >= 0.3 is 0 Å². The summed E-state index contributed by atoms with van der Waals surface area (Å²) < 4.78 is 23.8. The molecule has 8 heteroatoms. The standard InChI is InChI=1S/C13H17BrN2O3S.ClH/c1-20(18,19)10-4-5-12(14)11(7-10)13(17)16-6-2-3-9(15)8-16;/h4-5,7,9H,2-3,6,8,15H2,1H3;1H. The summed E-state index contributed by atoms with van der Waals surface area (Å²) in [5, 5.41) is 0. The Balaban J connectivity index is 0.00000220. The zero-order valence-electron chi connectivity index (χ0n) is 11.6. The summed E-state index contributed by atoms with van der Waals surface area (Å²) >= 11 is 3.31. The zero-order valence-corrected chi connectivity index (χ0v) is 14.8. The first kappa shape index (κ1) is 18.4. The molecule has 118 valence electrons. The average molecular weight is 398 g/mol. The van der Waals surface area contributed by atoms with Crippen LogP contribution in [0.2, 0.25) is 0 Å². The van der Waals surface area contributed by atoms with Gasteiger partial charge in [-0.25, -0.2) is 8.42 Å². The Hall–Kier alpha value is -0.630. The molecule has 2 N–H and O–H groups in total. The van der Waals surface area contributed by atoms with Crippen molar-refractivity contribution in [1.29, 1.82) is 0 Å². The summed E-state index contributed by atoms with van der Waals surface area (Å²) in [4.78, 5) is 14.3. The second kappa shape index (κ2) is 7.09. The van der Waals surface area contributed by atoms with Gasteiger partial charge in [-0.3, -0.25) is 4.79 Å². The predicted octanol–water partition coefficient (Wildman–Crippen LogP) is 1.84. The minimum absolute atomic E-state index is 0. The predicted molar refractivity (Wildman–Crippen MR) is 87.6 cm³/mol. The Labute approximate surface area is 139 Å². The smallest absolute Gasteiger partial charge is 0.255 e. The maximum absolute atomic E-state index is 12.5. The largest absolute Gasteiger partial charge is 0.337 e. The molecule has 1 aliphatic heterocycles. The second-order valence-electron chi connectivity index (χ2n) is 5.07. The molecule has 1 aliphatic rings. The number of piperidine rings is 1. The number of benzene rings is 1. The van der Waals surface area contributed by atoms with Gasteiger partial charge in [-0.2, -0.15) is 0 Å². The van der Waals surface area contributed by atoms with Crippen molar-refractivity contribution in [2.45, 2.75) is 23.8 Å². The van der Waals surface area contributed by atoms with Gasteiger partial charge in [-0.1, -0.05) is 0 Å². The van der Waals surface area contributed by atoms with Crippen LogP contribution in [-0.4, -0.2) is 44.6 Å². The van der Waals surface area contributed by atoms with E-state index in [1.54, 1.807) is 11.0 Å². The number of hydrogen-bond donors (Lipinski definition) is 1. The lowest BCUT2D eigenvalue weighted by atomic mass is 10.1. The van der Waals surface area contributed by atoms with Crippen LogP contribution in [0.3, 0.4) is 0 Å². The first-order chi connectivity index (χ1) is 9.29. The fourth-order valence-electron chi connectivity index (χ4n) is 2.26. The molecule has 1 saturated heterocycles. The molecule has 1 unspecified atom stereocenters. The van der Waals surface area contributed by atoms with E-state index in [0.717, 1.165) is 19.1 Å². The Morgan fingerprint density at radius 3 is 2.67 bits per heavy atom. The van der Waals surface area contributed by atoms with E-state index in [0.29, 0.717) is 23.1 Å². The first-order valence-corrected chi connectivity index (χ1v) is 9.02. The summed E-state index contributed by atoms with van der Waals surface area (Å²) in [5.74, 6) is -0.183. The van der Waals surface area contributed by atoms with E-state index in [4.69, 9.17) is 5.73 Å². The zero-order chi connectivity index (χ0) is 14.9. The number of hydrogen-bond acceptors (Lipinski definition) is 4.